The summed E-state index contributed by atoms with van der Waals surface area (Å²) in [7, 11) is 0. The van der Waals surface area contributed by atoms with E-state index in [0.29, 0.717) is 24.3 Å². The molecule has 2 saturated heterocycles. The number of esters is 2. The molecule has 0 aliphatic carbocycles. The third-order valence-electron chi connectivity index (χ3n) is 3.96. The highest BCUT2D eigenvalue weighted by molar-refractivity contribution is 5.91. The molecule has 4 atom stereocenters. The summed E-state index contributed by atoms with van der Waals surface area (Å²) in [5.41, 5.74) is -3.78. The van der Waals surface area contributed by atoms with Crippen LogP contribution in [0.5, 0.6) is 0 Å². The number of rotatable bonds is 7. The maximum atomic E-state index is 11.8. The van der Waals surface area contributed by atoms with Crippen LogP contribution in [0.2, 0.25) is 0 Å². The van der Waals surface area contributed by atoms with E-state index in [1.165, 1.54) is 0 Å². The van der Waals surface area contributed by atoms with Crippen molar-refractivity contribution in [3.05, 3.63) is 29.1 Å². The molecular formula is C16H15N2O10+. The summed E-state index contributed by atoms with van der Waals surface area (Å²) >= 11 is 0. The molecule has 0 spiro atoms. The second kappa shape index (κ2) is 7.99. The van der Waals surface area contributed by atoms with Crippen molar-refractivity contribution in [2.75, 3.05) is 13.2 Å². The highest BCUT2D eigenvalue weighted by Crippen LogP contribution is 2.50. The van der Waals surface area contributed by atoms with Gasteiger partial charge in [0.25, 0.3) is 6.57 Å². The predicted octanol–water partition coefficient (Wildman–Crippen LogP) is -0.792. The van der Waals surface area contributed by atoms with Gasteiger partial charge in [0, 0.05) is 24.3 Å². The predicted molar refractivity (Wildman–Crippen MR) is 88.5 cm³/mol. The van der Waals surface area contributed by atoms with Gasteiger partial charge in [0.2, 0.25) is 6.10 Å². The van der Waals surface area contributed by atoms with Gasteiger partial charge in [0.15, 0.2) is 6.10 Å². The smallest absolute Gasteiger partial charge is 0.476 e. The molecule has 0 aromatic rings. The average Bonchev–Trinajstić information content (AvgIpc) is 3.12. The summed E-state index contributed by atoms with van der Waals surface area (Å²) in [5, 5.41) is 17.1. The van der Waals surface area contributed by atoms with Crippen molar-refractivity contribution in [3.63, 3.8) is 0 Å². The summed E-state index contributed by atoms with van der Waals surface area (Å²) in [6, 6.07) is 0. The van der Waals surface area contributed by atoms with Crippen molar-refractivity contribution in [1.82, 2.24) is 0 Å². The fourth-order valence-corrected chi connectivity index (χ4v) is 2.82. The molecule has 2 aliphatic heterocycles. The minimum atomic E-state index is -1.91. The van der Waals surface area contributed by atoms with Crippen LogP contribution >= 0.6 is 0 Å². The molecule has 28 heavy (non-hydrogen) atoms. The van der Waals surface area contributed by atoms with Gasteiger partial charge < -0.3 is 24.4 Å². The highest BCUT2D eigenvalue weighted by atomic mass is 16.7. The number of fused-ring (bicyclic) bond motifs is 1. The number of ether oxygens (including phenoxy) is 4. The Morgan fingerprint density at radius 2 is 1.50 bits per heavy atom. The normalized spacial score (nSPS) is 31.2. The zero-order valence-corrected chi connectivity index (χ0v) is 14.2. The molecule has 2 fully saturated rings. The van der Waals surface area contributed by atoms with E-state index >= 15 is 0 Å². The number of hydrogen-bond acceptors (Lipinski definition) is 9. The fraction of sp³-hybridized carbons (Fsp3) is 0.375. The topological polar surface area (TPSA) is 162 Å². The van der Waals surface area contributed by atoms with Gasteiger partial charge in [-0.25, -0.2) is 19.2 Å². The number of carbonyl (C=O) groups is 4. The van der Waals surface area contributed by atoms with E-state index in [9.17, 15) is 19.2 Å². The maximum Gasteiger partial charge on any atom is 0.476 e. The van der Waals surface area contributed by atoms with Gasteiger partial charge in [0.05, 0.1) is 13.2 Å². The van der Waals surface area contributed by atoms with Crippen LogP contribution in [0.3, 0.4) is 0 Å². The van der Waals surface area contributed by atoms with Crippen LogP contribution in [0.1, 0.15) is 0 Å². The standard InChI is InChI=1S/C16H14N2O10/c1-17-15-9(27-13(23)5-3-11(19)20)7-26-16(15,18-2)10(8-25-15)28-14(24)6-4-12(21)22/h1,3-6,9-10H,2,7-8H2,(H-,19,20,21,22)/p+1/b5-3+,6-4-/t9-,10+,15+,16+/m0/s1. The zero-order chi connectivity index (χ0) is 20.9. The van der Waals surface area contributed by atoms with Gasteiger partial charge in [-0.2, -0.15) is 0 Å². The molecule has 12 nitrogen and oxygen atoms in total. The summed E-state index contributed by atoms with van der Waals surface area (Å²) in [4.78, 5) is 51.9. The number of aliphatic carboxylic acids is 2. The molecular weight excluding hydrogens is 380 g/mol. The molecule has 0 saturated carbocycles. The van der Waals surface area contributed by atoms with Crippen molar-refractivity contribution in [3.8, 4) is 6.57 Å². The van der Waals surface area contributed by atoms with E-state index in [1.54, 1.807) is 0 Å². The molecule has 12 heteroatoms. The van der Waals surface area contributed by atoms with Crippen LogP contribution in [-0.4, -0.2) is 77.7 Å². The number of carboxylic acid groups (broad SMARTS) is 2. The molecule has 148 valence electrons. The van der Waals surface area contributed by atoms with Crippen molar-refractivity contribution < 1.29 is 48.3 Å². The van der Waals surface area contributed by atoms with Gasteiger partial charge in [-0.05, 0) is 11.6 Å². The summed E-state index contributed by atoms with van der Waals surface area (Å²) in [6.45, 7) is 8.16. The van der Waals surface area contributed by atoms with Crippen LogP contribution in [0.4, 0.5) is 0 Å². The first-order valence-electron chi connectivity index (χ1n) is 7.62. The number of carbonyl (C=O) groups excluding carboxylic acids is 2. The van der Waals surface area contributed by atoms with Gasteiger partial charge in [-0.15, -0.1) is 0 Å². The highest BCUT2D eigenvalue weighted by Gasteiger charge is 2.83. The lowest BCUT2D eigenvalue weighted by molar-refractivity contribution is -0.158. The fourth-order valence-electron chi connectivity index (χ4n) is 2.82. The molecule has 2 heterocycles. The first-order chi connectivity index (χ1) is 13.2. The molecule has 0 aromatic carbocycles. The lowest BCUT2D eigenvalue weighted by Crippen LogP contribution is -2.55. The van der Waals surface area contributed by atoms with Crippen molar-refractivity contribution in [1.29, 1.82) is 0 Å². The van der Waals surface area contributed by atoms with Gasteiger partial charge in [-0.1, -0.05) is 0 Å². The Hall–Kier alpha value is -3.56. The summed E-state index contributed by atoms with van der Waals surface area (Å²) in [6.07, 6.45) is -0.0209. The molecule has 0 radical (unpaired) electrons. The van der Waals surface area contributed by atoms with Crippen LogP contribution in [0, 0.1) is 6.57 Å². The maximum absolute atomic E-state index is 11.8. The van der Waals surface area contributed by atoms with E-state index in [2.05, 4.69) is 16.6 Å². The Morgan fingerprint density at radius 1 is 1.00 bits per heavy atom. The van der Waals surface area contributed by atoms with E-state index < -0.39 is 47.5 Å². The third kappa shape index (κ3) is 3.61. The number of aliphatic imine (C=N–C) groups is 1. The lowest BCUT2D eigenvalue weighted by Gasteiger charge is -2.26. The van der Waals surface area contributed by atoms with Gasteiger partial charge >= 0.3 is 35.3 Å². The molecule has 0 aromatic heterocycles. The molecule has 0 unspecified atom stereocenters. The van der Waals surface area contributed by atoms with E-state index in [0.717, 1.165) is 0 Å². The molecule has 2 N–H and O–H groups in total. The monoisotopic (exact) mass is 395 g/mol. The summed E-state index contributed by atoms with van der Waals surface area (Å²) < 4.78 is 21.2. The third-order valence-corrected chi connectivity index (χ3v) is 3.96. The SMILES string of the molecule is C#[N+][C@]12OC[C@@H](OC(=O)/C=C\C(=O)O)[C@@]1(N=C)OC[C@@H]2OC(=O)/C=C/C(=O)O. The second-order valence-electron chi connectivity index (χ2n) is 5.50. The Bertz CT molecular complexity index is 813. The summed E-state index contributed by atoms with van der Waals surface area (Å²) in [5.74, 6) is -4.79. The molecule has 0 bridgehead atoms. The number of hydrogen-bond donors (Lipinski definition) is 2. The van der Waals surface area contributed by atoms with Crippen LogP contribution in [-0.2, 0) is 38.1 Å². The largest absolute Gasteiger partial charge is 0.478 e. The average molecular weight is 395 g/mol. The number of carboxylic acids is 2. The van der Waals surface area contributed by atoms with Crippen LogP contribution in [0.15, 0.2) is 29.3 Å². The molecule has 2 rings (SSSR count). The van der Waals surface area contributed by atoms with Crippen molar-refractivity contribution >= 4 is 30.6 Å². The van der Waals surface area contributed by atoms with E-state index in [4.69, 9.17) is 35.7 Å². The number of nitrogens with zero attached hydrogens (tertiary/aromatic N) is 2. The quantitative estimate of drug-likeness (QED) is 0.317. The van der Waals surface area contributed by atoms with Crippen LogP contribution < -0.4 is 0 Å². The van der Waals surface area contributed by atoms with E-state index in [1.807, 2.05) is 0 Å². The van der Waals surface area contributed by atoms with E-state index in [-0.39, 0.29) is 13.2 Å². The Kier molecular flexibility index (Phi) is 5.92. The lowest BCUT2D eigenvalue weighted by atomic mass is 9.95. The second-order valence-corrected chi connectivity index (χ2v) is 5.50. The minimum Gasteiger partial charge on any atom is -0.478 e. The minimum absolute atomic E-state index is 0.328. The van der Waals surface area contributed by atoms with Crippen molar-refractivity contribution in [2.45, 2.75) is 23.7 Å². The van der Waals surface area contributed by atoms with Gasteiger partial charge in [-0.3, -0.25) is 9.73 Å². The zero-order valence-electron chi connectivity index (χ0n) is 14.2. The van der Waals surface area contributed by atoms with Gasteiger partial charge in [0.1, 0.15) is 0 Å². The van der Waals surface area contributed by atoms with Crippen LogP contribution in [0.25, 0.3) is 4.85 Å². The molecule has 2 aliphatic rings. The Morgan fingerprint density at radius 3 is 1.96 bits per heavy atom. The molecule has 0 amide bonds. The Labute approximate surface area is 157 Å². The van der Waals surface area contributed by atoms with Crippen molar-refractivity contribution in [2.24, 2.45) is 4.99 Å². The first-order valence-corrected chi connectivity index (χ1v) is 7.62. The Balaban J connectivity index is 2.24. The first kappa shape index (κ1) is 20.7.